The number of carbonyl (C=O) groups is 2. The van der Waals surface area contributed by atoms with Crippen molar-refractivity contribution in [1.29, 1.82) is 0 Å². The van der Waals surface area contributed by atoms with Crippen LogP contribution < -0.4 is 9.64 Å². The van der Waals surface area contributed by atoms with Crippen LogP contribution in [0.1, 0.15) is 36.3 Å². The van der Waals surface area contributed by atoms with E-state index in [1.54, 1.807) is 23.3 Å². The maximum atomic E-state index is 13.9. The van der Waals surface area contributed by atoms with Crippen LogP contribution in [-0.2, 0) is 11.3 Å². The lowest BCUT2D eigenvalue weighted by molar-refractivity contribution is -0.119. The molecule has 0 radical (unpaired) electrons. The fourth-order valence-corrected chi connectivity index (χ4v) is 6.20. The first-order valence-corrected chi connectivity index (χ1v) is 15.8. The van der Waals surface area contributed by atoms with E-state index in [4.69, 9.17) is 9.72 Å². The molecule has 0 aliphatic carbocycles. The minimum Gasteiger partial charge on any atom is -0.497 e. The fourth-order valence-electron chi connectivity index (χ4n) is 5.38. The van der Waals surface area contributed by atoms with Crippen LogP contribution in [0.15, 0.2) is 66.0 Å². The molecule has 43 heavy (non-hydrogen) atoms. The molecule has 2 aromatic heterocycles. The Kier molecular flexibility index (Phi) is 9.62. The smallest absolute Gasteiger partial charge is 0.255 e. The average Bonchev–Trinajstić information content (AvgIpc) is 3.65. The van der Waals surface area contributed by atoms with Crippen molar-refractivity contribution in [3.8, 4) is 27.7 Å². The van der Waals surface area contributed by atoms with Crippen LogP contribution in [0, 0.1) is 12.8 Å². The van der Waals surface area contributed by atoms with E-state index >= 15 is 0 Å². The van der Waals surface area contributed by atoms with Gasteiger partial charge in [0.05, 0.1) is 30.6 Å². The fraction of sp³-hybridized carbons (Fsp3) is 0.382. The highest BCUT2D eigenvalue weighted by molar-refractivity contribution is 7.13. The number of methoxy groups -OCH3 is 1. The van der Waals surface area contributed by atoms with Gasteiger partial charge in [0.25, 0.3) is 5.91 Å². The zero-order valence-electron chi connectivity index (χ0n) is 25.7. The molecule has 5 rings (SSSR count). The minimum atomic E-state index is 0.0417. The molecule has 0 bridgehead atoms. The van der Waals surface area contributed by atoms with Gasteiger partial charge in [-0.3, -0.25) is 14.5 Å². The predicted molar refractivity (Wildman–Crippen MR) is 174 cm³/mol. The van der Waals surface area contributed by atoms with Gasteiger partial charge in [0, 0.05) is 62.1 Å². The highest BCUT2D eigenvalue weighted by Gasteiger charge is 2.28. The van der Waals surface area contributed by atoms with Gasteiger partial charge in [-0.15, -0.1) is 11.3 Å². The van der Waals surface area contributed by atoms with Crippen molar-refractivity contribution in [1.82, 2.24) is 19.4 Å². The molecule has 226 valence electrons. The van der Waals surface area contributed by atoms with Crippen molar-refractivity contribution in [2.45, 2.75) is 33.7 Å². The molecule has 0 unspecified atom stereocenters. The summed E-state index contributed by atoms with van der Waals surface area (Å²) in [5, 5.41) is 3.01. The number of para-hydroxylation sites is 1. The number of piperazine rings is 1. The predicted octanol–water partition coefficient (Wildman–Crippen LogP) is 6.06. The first kappa shape index (κ1) is 30.5. The van der Waals surface area contributed by atoms with Crippen molar-refractivity contribution >= 4 is 28.8 Å². The molecule has 0 saturated carbocycles. The third-order valence-electron chi connectivity index (χ3n) is 8.17. The molecular weight excluding hydrogens is 558 g/mol. The Bertz CT molecular complexity index is 1540. The molecule has 4 aromatic rings. The first-order valence-electron chi connectivity index (χ1n) is 14.9. The molecular formula is C34H41N5O3S. The average molecular weight is 600 g/mol. The number of benzene rings is 2. The molecule has 0 N–H and O–H groups in total. The van der Waals surface area contributed by atoms with Gasteiger partial charge in [-0.05, 0) is 61.7 Å². The van der Waals surface area contributed by atoms with Gasteiger partial charge in [-0.25, -0.2) is 4.98 Å². The van der Waals surface area contributed by atoms with Crippen molar-refractivity contribution in [3.63, 3.8) is 0 Å². The monoisotopic (exact) mass is 599 g/mol. The number of nitrogens with zero attached hydrogens (tertiary/aromatic N) is 5. The van der Waals surface area contributed by atoms with E-state index < -0.39 is 0 Å². The van der Waals surface area contributed by atoms with Crippen LogP contribution in [0.5, 0.6) is 5.75 Å². The highest BCUT2D eigenvalue weighted by atomic mass is 32.1. The third-order valence-corrected chi connectivity index (χ3v) is 9.06. The normalized spacial score (nSPS) is 13.9. The number of amides is 2. The Morgan fingerprint density at radius 2 is 1.72 bits per heavy atom. The lowest BCUT2D eigenvalue weighted by atomic mass is 10.1. The van der Waals surface area contributed by atoms with E-state index in [2.05, 4.69) is 28.7 Å². The van der Waals surface area contributed by atoms with Crippen LogP contribution >= 0.6 is 11.3 Å². The number of rotatable bonds is 10. The third kappa shape index (κ3) is 7.00. The summed E-state index contributed by atoms with van der Waals surface area (Å²) in [6, 6.07) is 19.6. The van der Waals surface area contributed by atoms with Gasteiger partial charge < -0.3 is 19.1 Å². The molecule has 3 heterocycles. The Balaban J connectivity index is 1.30. The maximum Gasteiger partial charge on any atom is 0.255 e. The van der Waals surface area contributed by atoms with Crippen molar-refractivity contribution < 1.29 is 14.3 Å². The summed E-state index contributed by atoms with van der Waals surface area (Å²) in [6.07, 6.45) is 1.01. The van der Waals surface area contributed by atoms with E-state index in [9.17, 15) is 9.59 Å². The largest absolute Gasteiger partial charge is 0.497 e. The number of hydrogen-bond donors (Lipinski definition) is 0. The zero-order chi connectivity index (χ0) is 30.5. The van der Waals surface area contributed by atoms with Crippen LogP contribution in [0.2, 0.25) is 0 Å². The van der Waals surface area contributed by atoms with E-state index in [1.807, 2.05) is 79.5 Å². The van der Waals surface area contributed by atoms with Gasteiger partial charge in [0.15, 0.2) is 0 Å². The van der Waals surface area contributed by atoms with Crippen LogP contribution in [0.3, 0.4) is 0 Å². The molecule has 9 heteroatoms. The number of likely N-dealkylation sites (N-methyl/N-ethyl adjacent to an activating group) is 1. The van der Waals surface area contributed by atoms with Crippen molar-refractivity contribution in [2.75, 3.05) is 51.8 Å². The molecule has 2 amide bonds. The maximum absolute atomic E-state index is 13.9. The van der Waals surface area contributed by atoms with Gasteiger partial charge >= 0.3 is 0 Å². The molecule has 8 nitrogen and oxygen atoms in total. The van der Waals surface area contributed by atoms with E-state index in [1.165, 1.54) is 0 Å². The molecule has 1 aliphatic rings. The second-order valence-electron chi connectivity index (χ2n) is 11.5. The Morgan fingerprint density at radius 3 is 2.37 bits per heavy atom. The topological polar surface area (TPSA) is 70.9 Å². The Morgan fingerprint density at radius 1 is 1.02 bits per heavy atom. The van der Waals surface area contributed by atoms with Crippen LogP contribution in [-0.4, -0.2) is 78.0 Å². The number of anilines is 1. The SMILES string of the molecule is COc1ccc(-c2nc(-c3cc(C(=O)N4CCN(CC(=O)N(C)c5ccccc5)CC4)c(C)n3CCC(C)C)cs2)cc1. The number of ether oxygens (including phenoxy) is 1. The van der Waals surface area contributed by atoms with Crippen molar-refractivity contribution in [3.05, 3.63) is 77.3 Å². The minimum absolute atomic E-state index is 0.0417. The lowest BCUT2D eigenvalue weighted by Crippen LogP contribution is -2.51. The number of thiazole rings is 1. The summed E-state index contributed by atoms with van der Waals surface area (Å²) in [6.45, 7) is 10.1. The number of carbonyl (C=O) groups excluding carboxylic acids is 2. The van der Waals surface area contributed by atoms with E-state index in [0.717, 1.165) is 57.6 Å². The molecule has 1 aliphatic heterocycles. The summed E-state index contributed by atoms with van der Waals surface area (Å²) >= 11 is 1.60. The molecule has 2 aromatic carbocycles. The molecule has 0 spiro atoms. The number of aromatic nitrogens is 2. The van der Waals surface area contributed by atoms with Gasteiger partial charge in [-0.1, -0.05) is 32.0 Å². The van der Waals surface area contributed by atoms with E-state index in [0.29, 0.717) is 38.6 Å². The zero-order valence-corrected chi connectivity index (χ0v) is 26.6. The standard InChI is InChI=1S/C34H41N5O3S/c1-24(2)15-16-39-25(3)29(21-31(39)30-23-43-33(35-30)26-11-13-28(42-5)14-12-26)34(41)38-19-17-37(18-20-38)22-32(40)36(4)27-9-7-6-8-10-27/h6-14,21,23-24H,15-20,22H2,1-5H3. The summed E-state index contributed by atoms with van der Waals surface area (Å²) in [4.78, 5) is 37.5. The summed E-state index contributed by atoms with van der Waals surface area (Å²) in [7, 11) is 3.47. The Hall–Kier alpha value is -3.95. The summed E-state index contributed by atoms with van der Waals surface area (Å²) in [5.41, 5.74) is 5.48. The first-order chi connectivity index (χ1) is 20.7. The van der Waals surface area contributed by atoms with Gasteiger partial charge in [0.1, 0.15) is 10.8 Å². The second kappa shape index (κ2) is 13.6. The summed E-state index contributed by atoms with van der Waals surface area (Å²) in [5.74, 6) is 1.44. The molecule has 1 fully saturated rings. The molecule has 0 atom stereocenters. The number of hydrogen-bond acceptors (Lipinski definition) is 6. The quantitative estimate of drug-likeness (QED) is 0.222. The second-order valence-corrected chi connectivity index (χ2v) is 12.3. The lowest BCUT2D eigenvalue weighted by Gasteiger charge is -2.35. The molecule has 1 saturated heterocycles. The van der Waals surface area contributed by atoms with Crippen molar-refractivity contribution in [2.24, 2.45) is 5.92 Å². The van der Waals surface area contributed by atoms with Crippen LogP contribution in [0.4, 0.5) is 5.69 Å². The summed E-state index contributed by atoms with van der Waals surface area (Å²) < 4.78 is 7.56. The highest BCUT2D eigenvalue weighted by Crippen LogP contribution is 2.33. The van der Waals surface area contributed by atoms with Gasteiger partial charge in [-0.2, -0.15) is 0 Å². The van der Waals surface area contributed by atoms with Crippen LogP contribution in [0.25, 0.3) is 22.0 Å². The Labute approximate surface area is 258 Å². The van der Waals surface area contributed by atoms with Gasteiger partial charge in [0.2, 0.25) is 5.91 Å². The van der Waals surface area contributed by atoms with E-state index in [-0.39, 0.29) is 11.8 Å².